The van der Waals surface area contributed by atoms with Crippen molar-refractivity contribution in [3.63, 3.8) is 0 Å². The maximum absolute atomic E-state index is 4.28. The summed E-state index contributed by atoms with van der Waals surface area (Å²) in [5.41, 5.74) is 1.40. The van der Waals surface area contributed by atoms with Crippen LogP contribution in [-0.2, 0) is 0 Å². The molecule has 2 aliphatic heterocycles. The largest absolute Gasteiger partial charge is 0.375 e. The lowest BCUT2D eigenvalue weighted by atomic mass is 10.00. The van der Waals surface area contributed by atoms with Crippen molar-refractivity contribution >= 4 is 18.2 Å². The highest BCUT2D eigenvalue weighted by Gasteiger charge is 2.31. The summed E-state index contributed by atoms with van der Waals surface area (Å²) in [6.07, 6.45) is 19.8. The van der Waals surface area contributed by atoms with Crippen LogP contribution in [0.5, 0.6) is 0 Å². The van der Waals surface area contributed by atoms with Crippen molar-refractivity contribution in [2.45, 2.75) is 59.5 Å². The highest BCUT2D eigenvalue weighted by molar-refractivity contribution is 8.01. The molecule has 6 heteroatoms. The lowest BCUT2D eigenvalue weighted by molar-refractivity contribution is -0.00220. The van der Waals surface area contributed by atoms with E-state index in [1.165, 1.54) is 36.5 Å². The maximum Gasteiger partial charge on any atom is 0.0758 e. The van der Waals surface area contributed by atoms with Gasteiger partial charge in [0.1, 0.15) is 0 Å². The average Bonchev–Trinajstić information content (AvgIpc) is 3.08. The van der Waals surface area contributed by atoms with Crippen LogP contribution in [0.3, 0.4) is 0 Å². The molecule has 5 nitrogen and oxygen atoms in total. The van der Waals surface area contributed by atoms with Crippen LogP contribution in [-0.4, -0.2) is 84.7 Å². The molecule has 0 spiro atoms. The Hall–Kier alpha value is -1.34. The molecule has 0 aliphatic carbocycles. The lowest BCUT2D eigenvalue weighted by Gasteiger charge is -2.46. The van der Waals surface area contributed by atoms with E-state index in [2.05, 4.69) is 96.2 Å². The lowest BCUT2D eigenvalue weighted by Crippen LogP contribution is -2.57. The molecule has 0 unspecified atom stereocenters. The van der Waals surface area contributed by atoms with Gasteiger partial charge in [0, 0.05) is 68.7 Å². The van der Waals surface area contributed by atoms with Crippen LogP contribution in [0.4, 0.5) is 0 Å². The van der Waals surface area contributed by atoms with Crippen molar-refractivity contribution < 1.29 is 0 Å². The molecule has 0 aromatic carbocycles. The Morgan fingerprint density at radius 2 is 1.94 bits per heavy atom. The first-order chi connectivity index (χ1) is 16.0. The van der Waals surface area contributed by atoms with Gasteiger partial charge in [-0.05, 0) is 64.2 Å². The van der Waals surface area contributed by atoms with Crippen LogP contribution in [0.25, 0.3) is 0 Å². The van der Waals surface area contributed by atoms with E-state index in [0.717, 1.165) is 39.0 Å². The molecule has 0 bridgehead atoms. The first-order valence-corrected chi connectivity index (χ1v) is 13.6. The van der Waals surface area contributed by atoms with Crippen LogP contribution < -0.4 is 0 Å². The number of allylic oxidation sites excluding steroid dienone is 5. The summed E-state index contributed by atoms with van der Waals surface area (Å²) in [5.74, 6) is 0.701. The van der Waals surface area contributed by atoms with Gasteiger partial charge in [0.15, 0.2) is 0 Å². The van der Waals surface area contributed by atoms with E-state index >= 15 is 0 Å². The molecule has 2 aliphatic rings. The molecule has 33 heavy (non-hydrogen) atoms. The highest BCUT2D eigenvalue weighted by atomic mass is 32.2. The van der Waals surface area contributed by atoms with E-state index in [-0.39, 0.29) is 0 Å². The molecule has 0 aromatic rings. The predicted octanol–water partition coefficient (Wildman–Crippen LogP) is 5.62. The molecule has 186 valence electrons. The first-order valence-electron chi connectivity index (χ1n) is 12.8. The molecular weight excluding hydrogens is 426 g/mol. The summed E-state index contributed by atoms with van der Waals surface area (Å²) in [5, 5.41) is 0. The van der Waals surface area contributed by atoms with Gasteiger partial charge in [0.05, 0.1) is 6.17 Å². The fourth-order valence-corrected chi connectivity index (χ4v) is 5.77. The second kappa shape index (κ2) is 15.5. The van der Waals surface area contributed by atoms with Gasteiger partial charge in [-0.3, -0.25) is 14.8 Å². The molecule has 0 aromatic heterocycles. The van der Waals surface area contributed by atoms with Crippen LogP contribution >= 0.6 is 11.9 Å². The first kappa shape index (κ1) is 27.9. The maximum atomic E-state index is 4.28. The molecule has 2 heterocycles. The minimum Gasteiger partial charge on any atom is -0.375 e. The molecule has 2 rings (SSSR count). The molecular formula is C27H47N5S. The van der Waals surface area contributed by atoms with Gasteiger partial charge in [-0.25, -0.2) is 4.31 Å². The highest BCUT2D eigenvalue weighted by Crippen LogP contribution is 2.26. The Morgan fingerprint density at radius 3 is 2.58 bits per heavy atom. The second-order valence-corrected chi connectivity index (χ2v) is 10.3. The van der Waals surface area contributed by atoms with Crippen LogP contribution in [0, 0.1) is 5.92 Å². The quantitative estimate of drug-likeness (QED) is 0.255. The van der Waals surface area contributed by atoms with Crippen molar-refractivity contribution in [1.29, 1.82) is 0 Å². The fraction of sp³-hybridized carbons (Fsp3) is 0.667. The van der Waals surface area contributed by atoms with E-state index < -0.39 is 0 Å². The predicted molar refractivity (Wildman–Crippen MR) is 147 cm³/mol. The van der Waals surface area contributed by atoms with E-state index in [4.69, 9.17) is 0 Å². The number of likely N-dealkylation sites (N-methyl/N-ethyl adjacent to an activating group) is 3. The Labute approximate surface area is 208 Å². The van der Waals surface area contributed by atoms with Crippen LogP contribution in [0.15, 0.2) is 52.2 Å². The van der Waals surface area contributed by atoms with E-state index in [1.807, 2.05) is 24.4 Å². The Kier molecular flexibility index (Phi) is 13.1. The minimum absolute atomic E-state index is 0.458. The van der Waals surface area contributed by atoms with Gasteiger partial charge in [-0.15, -0.1) is 0 Å². The van der Waals surface area contributed by atoms with Gasteiger partial charge < -0.3 is 4.90 Å². The molecule has 0 amide bonds. The molecule has 0 radical (unpaired) electrons. The Morgan fingerprint density at radius 1 is 1.18 bits per heavy atom. The third-order valence-corrected chi connectivity index (χ3v) is 7.56. The summed E-state index contributed by atoms with van der Waals surface area (Å²) in [4.78, 5) is 13.3. The van der Waals surface area contributed by atoms with Crippen molar-refractivity contribution in [3.8, 4) is 0 Å². The van der Waals surface area contributed by atoms with Gasteiger partial charge in [0.2, 0.25) is 0 Å². The van der Waals surface area contributed by atoms with E-state index in [0.29, 0.717) is 12.1 Å². The molecule has 0 atom stereocenters. The smallest absolute Gasteiger partial charge is 0.0758 e. The van der Waals surface area contributed by atoms with Crippen LogP contribution in [0.1, 0.15) is 53.4 Å². The summed E-state index contributed by atoms with van der Waals surface area (Å²) in [6.45, 7) is 15.5. The minimum atomic E-state index is 0.458. The fourth-order valence-electron chi connectivity index (χ4n) is 4.70. The van der Waals surface area contributed by atoms with E-state index in [1.54, 1.807) is 0 Å². The molecule has 0 saturated carbocycles. The average molecular weight is 474 g/mol. The summed E-state index contributed by atoms with van der Waals surface area (Å²) >= 11 is 1.90. The monoisotopic (exact) mass is 473 g/mol. The van der Waals surface area contributed by atoms with Crippen molar-refractivity contribution in [2.75, 3.05) is 53.4 Å². The van der Waals surface area contributed by atoms with Crippen molar-refractivity contribution in [3.05, 3.63) is 47.2 Å². The van der Waals surface area contributed by atoms with Gasteiger partial charge in [0.25, 0.3) is 0 Å². The zero-order valence-corrected chi connectivity index (χ0v) is 22.7. The number of rotatable bonds is 13. The Bertz CT molecular complexity index is 699. The number of hydrogen-bond acceptors (Lipinski definition) is 6. The number of hydrogen-bond donors (Lipinski definition) is 0. The van der Waals surface area contributed by atoms with Crippen LogP contribution in [0.2, 0.25) is 0 Å². The summed E-state index contributed by atoms with van der Waals surface area (Å²) in [7, 11) is 4.61. The second-order valence-electron chi connectivity index (χ2n) is 9.13. The normalized spacial score (nSPS) is 22.9. The number of aliphatic imine (C=N–C) groups is 1. The third kappa shape index (κ3) is 9.44. The summed E-state index contributed by atoms with van der Waals surface area (Å²) < 4.78 is 2.51. The van der Waals surface area contributed by atoms with Gasteiger partial charge >= 0.3 is 0 Å². The summed E-state index contributed by atoms with van der Waals surface area (Å²) in [6, 6.07) is 0. The van der Waals surface area contributed by atoms with Crippen molar-refractivity contribution in [1.82, 2.24) is 19.0 Å². The standard InChI is InChI=1S/C27H47N5S/c1-7-12-26(13-8-2)33-32(10-4)23-27-29(5)21-24(22-30(27)6)16-20-31(19-9-3)25-14-11-17-28-18-15-25/h7,11-13,15,17-18,24,27H,8-10,14,16,19-23H2,1-6H3/b12-7-,26-13+. The van der Waals surface area contributed by atoms with E-state index in [9.17, 15) is 0 Å². The molecule has 1 fully saturated rings. The topological polar surface area (TPSA) is 25.3 Å². The van der Waals surface area contributed by atoms with Crippen molar-refractivity contribution in [2.24, 2.45) is 10.9 Å². The zero-order valence-electron chi connectivity index (χ0n) is 21.9. The van der Waals surface area contributed by atoms with Gasteiger partial charge in [-0.2, -0.15) is 0 Å². The molecule has 0 N–H and O–H groups in total. The SMILES string of the molecule is C/C=C\C(=C/CC)SN(CC)CC1N(C)CC(CCN(CCC)C2=CC=NC=CC2)CN1C. The molecule has 1 saturated heterocycles. The third-order valence-electron chi connectivity index (χ3n) is 6.38. The number of nitrogens with zero attached hydrogens (tertiary/aromatic N) is 5. The zero-order chi connectivity index (χ0) is 24.1. The van der Waals surface area contributed by atoms with Gasteiger partial charge in [-0.1, -0.05) is 45.1 Å². The Balaban J connectivity index is 1.92.